The second kappa shape index (κ2) is 5.40. The molecule has 3 N–H and O–H groups in total. The van der Waals surface area contributed by atoms with E-state index in [0.29, 0.717) is 19.6 Å². The SMILES string of the molecule is CC1(C(=O)NCCn2cnc(C(=O)O)c2)CCNC1. The van der Waals surface area contributed by atoms with Crippen molar-refractivity contribution in [2.75, 3.05) is 19.6 Å². The van der Waals surface area contributed by atoms with Gasteiger partial charge in [0.2, 0.25) is 5.91 Å². The van der Waals surface area contributed by atoms with Gasteiger partial charge in [-0.05, 0) is 19.9 Å². The van der Waals surface area contributed by atoms with Crippen molar-refractivity contribution in [2.24, 2.45) is 5.41 Å². The number of amides is 1. The summed E-state index contributed by atoms with van der Waals surface area (Å²) in [5.74, 6) is -1.01. The zero-order valence-electron chi connectivity index (χ0n) is 10.8. The first-order valence-electron chi connectivity index (χ1n) is 6.25. The molecule has 0 saturated carbocycles. The first-order chi connectivity index (χ1) is 9.01. The van der Waals surface area contributed by atoms with Gasteiger partial charge in [0.15, 0.2) is 5.69 Å². The Labute approximate surface area is 111 Å². The van der Waals surface area contributed by atoms with Gasteiger partial charge in [0.05, 0.1) is 11.7 Å². The van der Waals surface area contributed by atoms with Gasteiger partial charge >= 0.3 is 5.97 Å². The number of carbonyl (C=O) groups is 2. The Kier molecular flexibility index (Phi) is 3.84. The van der Waals surface area contributed by atoms with Crippen LogP contribution in [0.2, 0.25) is 0 Å². The van der Waals surface area contributed by atoms with E-state index in [-0.39, 0.29) is 17.0 Å². The fourth-order valence-corrected chi connectivity index (χ4v) is 2.12. The molecule has 7 heteroatoms. The van der Waals surface area contributed by atoms with Gasteiger partial charge in [-0.15, -0.1) is 0 Å². The molecule has 0 bridgehead atoms. The number of hydrogen-bond acceptors (Lipinski definition) is 4. The Bertz CT molecular complexity index is 477. The quantitative estimate of drug-likeness (QED) is 0.680. The molecule has 0 aromatic carbocycles. The van der Waals surface area contributed by atoms with Gasteiger partial charge in [-0.1, -0.05) is 0 Å². The molecule has 1 amide bonds. The summed E-state index contributed by atoms with van der Waals surface area (Å²) >= 11 is 0. The predicted molar refractivity (Wildman–Crippen MR) is 67.8 cm³/mol. The second-order valence-electron chi connectivity index (χ2n) is 5.05. The Morgan fingerprint density at radius 3 is 3.00 bits per heavy atom. The lowest BCUT2D eigenvalue weighted by Gasteiger charge is -2.21. The maximum absolute atomic E-state index is 12.0. The van der Waals surface area contributed by atoms with Crippen molar-refractivity contribution in [2.45, 2.75) is 19.9 Å². The van der Waals surface area contributed by atoms with Gasteiger partial charge in [-0.2, -0.15) is 0 Å². The van der Waals surface area contributed by atoms with Gasteiger partial charge in [0.1, 0.15) is 0 Å². The van der Waals surface area contributed by atoms with E-state index in [1.54, 1.807) is 4.57 Å². The van der Waals surface area contributed by atoms with Crippen LogP contribution in [0.4, 0.5) is 0 Å². The average Bonchev–Trinajstić information content (AvgIpc) is 2.99. The highest BCUT2D eigenvalue weighted by atomic mass is 16.4. The molecule has 0 spiro atoms. The fourth-order valence-electron chi connectivity index (χ4n) is 2.12. The van der Waals surface area contributed by atoms with Gasteiger partial charge < -0.3 is 20.3 Å². The Hall–Kier alpha value is -1.89. The van der Waals surface area contributed by atoms with Gasteiger partial charge in [-0.25, -0.2) is 9.78 Å². The Morgan fingerprint density at radius 1 is 1.63 bits per heavy atom. The Morgan fingerprint density at radius 2 is 2.42 bits per heavy atom. The van der Waals surface area contributed by atoms with E-state index in [2.05, 4.69) is 15.6 Å². The van der Waals surface area contributed by atoms with E-state index in [0.717, 1.165) is 13.0 Å². The third-order valence-electron chi connectivity index (χ3n) is 3.42. The van der Waals surface area contributed by atoms with Gasteiger partial charge in [-0.3, -0.25) is 4.79 Å². The molecule has 104 valence electrons. The molecular formula is C12H18N4O3. The van der Waals surface area contributed by atoms with E-state index >= 15 is 0 Å². The molecule has 2 rings (SSSR count). The summed E-state index contributed by atoms with van der Waals surface area (Å²) in [7, 11) is 0. The molecule has 1 aliphatic rings. The minimum absolute atomic E-state index is 0.0123. The summed E-state index contributed by atoms with van der Waals surface area (Å²) in [5, 5.41) is 14.8. The highest BCUT2D eigenvalue weighted by molar-refractivity contribution is 5.85. The van der Waals surface area contributed by atoms with Crippen LogP contribution in [0.1, 0.15) is 23.8 Å². The van der Waals surface area contributed by atoms with Crippen LogP contribution in [0, 0.1) is 5.41 Å². The lowest BCUT2D eigenvalue weighted by atomic mass is 9.89. The molecule has 0 radical (unpaired) electrons. The molecule has 1 unspecified atom stereocenters. The van der Waals surface area contributed by atoms with Crippen LogP contribution in [0.3, 0.4) is 0 Å². The number of rotatable bonds is 5. The Balaban J connectivity index is 1.79. The zero-order chi connectivity index (χ0) is 13.9. The fraction of sp³-hybridized carbons (Fsp3) is 0.583. The standard InChI is InChI=1S/C12H18N4O3/c1-12(2-3-13-7-12)11(19)14-4-5-16-6-9(10(17)18)15-8-16/h6,8,13H,2-5,7H2,1H3,(H,14,19)(H,17,18). The summed E-state index contributed by atoms with van der Waals surface area (Å²) in [4.78, 5) is 26.4. The number of aromatic carboxylic acids is 1. The number of carbonyl (C=O) groups excluding carboxylic acids is 1. The van der Waals surface area contributed by atoms with Crippen molar-refractivity contribution in [1.29, 1.82) is 0 Å². The minimum atomic E-state index is -1.05. The first kappa shape index (κ1) is 13.5. The van der Waals surface area contributed by atoms with Crippen molar-refractivity contribution in [1.82, 2.24) is 20.2 Å². The maximum Gasteiger partial charge on any atom is 0.356 e. The van der Waals surface area contributed by atoms with Crippen molar-refractivity contribution >= 4 is 11.9 Å². The summed E-state index contributed by atoms with van der Waals surface area (Å²) in [6.45, 7) is 4.49. The van der Waals surface area contributed by atoms with Crippen LogP contribution in [0.5, 0.6) is 0 Å². The highest BCUT2D eigenvalue weighted by Gasteiger charge is 2.35. The highest BCUT2D eigenvalue weighted by Crippen LogP contribution is 2.24. The lowest BCUT2D eigenvalue weighted by Crippen LogP contribution is -2.41. The lowest BCUT2D eigenvalue weighted by molar-refractivity contribution is -0.129. The van der Waals surface area contributed by atoms with E-state index in [1.807, 2.05) is 6.92 Å². The molecule has 1 aromatic heterocycles. The molecule has 7 nitrogen and oxygen atoms in total. The van der Waals surface area contributed by atoms with Crippen molar-refractivity contribution in [3.63, 3.8) is 0 Å². The second-order valence-corrected chi connectivity index (χ2v) is 5.05. The van der Waals surface area contributed by atoms with Crippen LogP contribution >= 0.6 is 0 Å². The molecule has 19 heavy (non-hydrogen) atoms. The van der Waals surface area contributed by atoms with Crippen molar-refractivity contribution < 1.29 is 14.7 Å². The number of carboxylic acid groups (broad SMARTS) is 1. The molecule has 1 fully saturated rings. The molecule has 2 heterocycles. The van der Waals surface area contributed by atoms with Crippen LogP contribution in [-0.2, 0) is 11.3 Å². The summed E-state index contributed by atoms with van der Waals surface area (Å²) in [6.07, 6.45) is 3.74. The molecule has 1 saturated heterocycles. The number of carboxylic acids is 1. The van der Waals surface area contributed by atoms with Crippen LogP contribution in [-0.4, -0.2) is 46.2 Å². The largest absolute Gasteiger partial charge is 0.476 e. The number of nitrogens with one attached hydrogen (secondary N) is 2. The van der Waals surface area contributed by atoms with Crippen LogP contribution < -0.4 is 10.6 Å². The molecular weight excluding hydrogens is 248 g/mol. The minimum Gasteiger partial charge on any atom is -0.476 e. The summed E-state index contributed by atoms with van der Waals surface area (Å²) in [6, 6.07) is 0. The van der Waals surface area contributed by atoms with Gasteiger partial charge in [0.25, 0.3) is 0 Å². The van der Waals surface area contributed by atoms with E-state index < -0.39 is 5.97 Å². The maximum atomic E-state index is 12.0. The third-order valence-corrected chi connectivity index (χ3v) is 3.42. The monoisotopic (exact) mass is 266 g/mol. The average molecular weight is 266 g/mol. The number of aromatic nitrogens is 2. The first-order valence-corrected chi connectivity index (χ1v) is 6.25. The molecule has 1 atom stereocenters. The van der Waals surface area contributed by atoms with E-state index in [1.165, 1.54) is 12.5 Å². The van der Waals surface area contributed by atoms with Crippen molar-refractivity contribution in [3.05, 3.63) is 18.2 Å². The van der Waals surface area contributed by atoms with Crippen molar-refractivity contribution in [3.8, 4) is 0 Å². The molecule has 1 aromatic rings. The smallest absolute Gasteiger partial charge is 0.356 e. The van der Waals surface area contributed by atoms with Crippen LogP contribution in [0.15, 0.2) is 12.5 Å². The van der Waals surface area contributed by atoms with E-state index in [9.17, 15) is 9.59 Å². The number of hydrogen-bond donors (Lipinski definition) is 3. The topological polar surface area (TPSA) is 96.2 Å². The predicted octanol–water partition coefficient (Wildman–Crippen LogP) is -0.303. The number of nitrogens with zero attached hydrogens (tertiary/aromatic N) is 2. The summed E-state index contributed by atoms with van der Waals surface area (Å²) in [5.41, 5.74) is -0.320. The zero-order valence-corrected chi connectivity index (χ0v) is 10.8. The van der Waals surface area contributed by atoms with Crippen LogP contribution in [0.25, 0.3) is 0 Å². The normalized spacial score (nSPS) is 22.4. The van der Waals surface area contributed by atoms with Gasteiger partial charge in [0, 0.05) is 25.8 Å². The van der Waals surface area contributed by atoms with E-state index in [4.69, 9.17) is 5.11 Å². The third kappa shape index (κ3) is 3.11. The molecule has 0 aliphatic carbocycles. The molecule has 1 aliphatic heterocycles. The number of imidazole rings is 1. The summed E-state index contributed by atoms with van der Waals surface area (Å²) < 4.78 is 1.65.